The van der Waals surface area contributed by atoms with Crippen LogP contribution in [0.1, 0.15) is 45.4 Å². The summed E-state index contributed by atoms with van der Waals surface area (Å²) >= 11 is 0. The minimum atomic E-state index is 0.717. The largest absolute Gasteiger partial charge is 0.317 e. The molecule has 0 aromatic heterocycles. The Labute approximate surface area is 76.0 Å². The molecule has 0 radical (unpaired) electrons. The van der Waals surface area contributed by atoms with Gasteiger partial charge in [-0.2, -0.15) is 5.26 Å². The van der Waals surface area contributed by atoms with Gasteiger partial charge >= 0.3 is 0 Å². The van der Waals surface area contributed by atoms with E-state index in [4.69, 9.17) is 5.26 Å². The molecule has 0 bridgehead atoms. The predicted octanol–water partition coefficient (Wildman–Crippen LogP) is 2.46. The zero-order valence-corrected chi connectivity index (χ0v) is 8.10. The predicted molar refractivity (Wildman–Crippen MR) is 51.9 cm³/mol. The van der Waals surface area contributed by atoms with Gasteiger partial charge in [-0.3, -0.25) is 0 Å². The molecule has 0 aromatic rings. The smallest absolute Gasteiger partial charge is 0.0621 e. The van der Waals surface area contributed by atoms with Crippen LogP contribution in [0, 0.1) is 11.3 Å². The Bertz CT molecular complexity index is 115. The number of nitrogens with one attached hydrogen (secondary N) is 1. The fourth-order valence-electron chi connectivity index (χ4n) is 1.06. The van der Waals surface area contributed by atoms with Gasteiger partial charge in [0.05, 0.1) is 6.07 Å². The quantitative estimate of drug-likeness (QED) is 0.565. The lowest BCUT2D eigenvalue weighted by Gasteiger charge is -2.01. The van der Waals surface area contributed by atoms with Crippen molar-refractivity contribution >= 4 is 0 Å². The highest BCUT2D eigenvalue weighted by Crippen LogP contribution is 1.97. The Hall–Kier alpha value is -0.550. The highest BCUT2D eigenvalue weighted by Gasteiger charge is 1.88. The van der Waals surface area contributed by atoms with Crippen LogP contribution in [0.15, 0.2) is 0 Å². The zero-order chi connectivity index (χ0) is 9.07. The first-order valence-electron chi connectivity index (χ1n) is 4.99. The number of unbranched alkanes of at least 4 members (excludes halogenated alkanes) is 4. The van der Waals surface area contributed by atoms with Crippen molar-refractivity contribution in [3.63, 3.8) is 0 Å². The summed E-state index contributed by atoms with van der Waals surface area (Å²) in [7, 11) is 0. The third kappa shape index (κ3) is 9.45. The van der Waals surface area contributed by atoms with Gasteiger partial charge in [0.15, 0.2) is 0 Å². The Balaban J connectivity index is 2.78. The van der Waals surface area contributed by atoms with E-state index in [1.165, 1.54) is 25.7 Å². The van der Waals surface area contributed by atoms with E-state index >= 15 is 0 Å². The van der Waals surface area contributed by atoms with Crippen LogP contribution < -0.4 is 5.32 Å². The second-order valence-corrected chi connectivity index (χ2v) is 3.07. The molecule has 0 spiro atoms. The van der Waals surface area contributed by atoms with Crippen LogP contribution in [0.4, 0.5) is 0 Å². The molecule has 0 aliphatic carbocycles. The molecule has 12 heavy (non-hydrogen) atoms. The summed E-state index contributed by atoms with van der Waals surface area (Å²) in [6.45, 7) is 4.47. The summed E-state index contributed by atoms with van der Waals surface area (Å²) in [4.78, 5) is 0. The summed E-state index contributed by atoms with van der Waals surface area (Å²) in [5.74, 6) is 0. The molecular formula is C10H20N2. The van der Waals surface area contributed by atoms with Crippen LogP contribution >= 0.6 is 0 Å². The summed E-state index contributed by atoms with van der Waals surface area (Å²) in [6.07, 6.45) is 6.72. The summed E-state index contributed by atoms with van der Waals surface area (Å²) in [6, 6.07) is 2.16. The Morgan fingerprint density at radius 2 is 1.83 bits per heavy atom. The van der Waals surface area contributed by atoms with Crippen molar-refractivity contribution in [1.29, 1.82) is 5.26 Å². The van der Waals surface area contributed by atoms with E-state index in [0.29, 0.717) is 0 Å². The van der Waals surface area contributed by atoms with Crippen LogP contribution in [0.2, 0.25) is 0 Å². The number of hydrogen-bond donors (Lipinski definition) is 1. The first-order valence-corrected chi connectivity index (χ1v) is 4.99. The van der Waals surface area contributed by atoms with Crippen molar-refractivity contribution in [3.8, 4) is 6.07 Å². The van der Waals surface area contributed by atoms with Gasteiger partial charge in [-0.15, -0.1) is 0 Å². The molecule has 0 saturated carbocycles. The lowest BCUT2D eigenvalue weighted by atomic mass is 10.2. The van der Waals surface area contributed by atoms with Crippen LogP contribution in [-0.4, -0.2) is 13.1 Å². The summed E-state index contributed by atoms with van der Waals surface area (Å²) in [5.41, 5.74) is 0. The number of nitriles is 1. The standard InChI is InChI=1S/C10H20N2/c1-2-3-9-12-10-7-5-4-6-8-11/h12H,2-7,9-10H2,1H3. The van der Waals surface area contributed by atoms with E-state index in [2.05, 4.69) is 18.3 Å². The molecule has 0 unspecified atom stereocenters. The molecule has 0 aliphatic heterocycles. The normalized spacial score (nSPS) is 9.67. The van der Waals surface area contributed by atoms with E-state index < -0.39 is 0 Å². The minimum absolute atomic E-state index is 0.717. The summed E-state index contributed by atoms with van der Waals surface area (Å²) < 4.78 is 0. The van der Waals surface area contributed by atoms with Gasteiger partial charge in [-0.25, -0.2) is 0 Å². The van der Waals surface area contributed by atoms with E-state index in [1.807, 2.05) is 0 Å². The molecule has 0 rings (SSSR count). The zero-order valence-electron chi connectivity index (χ0n) is 8.10. The summed E-state index contributed by atoms with van der Waals surface area (Å²) in [5, 5.41) is 11.7. The first-order chi connectivity index (χ1) is 5.91. The maximum Gasteiger partial charge on any atom is 0.0621 e. The first kappa shape index (κ1) is 11.4. The van der Waals surface area contributed by atoms with E-state index in [9.17, 15) is 0 Å². The van der Waals surface area contributed by atoms with Gasteiger partial charge in [0, 0.05) is 6.42 Å². The van der Waals surface area contributed by atoms with Gasteiger partial charge < -0.3 is 5.32 Å². The molecule has 2 heteroatoms. The van der Waals surface area contributed by atoms with Gasteiger partial charge in [-0.05, 0) is 32.4 Å². The molecule has 0 amide bonds. The SMILES string of the molecule is CCCCNCCCCCC#N. The average Bonchev–Trinajstić information content (AvgIpc) is 2.10. The number of rotatable bonds is 8. The molecule has 0 heterocycles. The molecule has 70 valence electrons. The second-order valence-electron chi connectivity index (χ2n) is 3.07. The van der Waals surface area contributed by atoms with Crippen molar-refractivity contribution in [3.05, 3.63) is 0 Å². The third-order valence-electron chi connectivity index (χ3n) is 1.85. The number of hydrogen-bond acceptors (Lipinski definition) is 2. The molecule has 0 aromatic carbocycles. The molecule has 1 N–H and O–H groups in total. The molecule has 0 fully saturated rings. The molecular weight excluding hydrogens is 148 g/mol. The van der Waals surface area contributed by atoms with E-state index in [-0.39, 0.29) is 0 Å². The lowest BCUT2D eigenvalue weighted by Crippen LogP contribution is -2.16. The van der Waals surface area contributed by atoms with Gasteiger partial charge in [0.25, 0.3) is 0 Å². The van der Waals surface area contributed by atoms with E-state index in [1.54, 1.807) is 0 Å². The van der Waals surface area contributed by atoms with Crippen molar-refractivity contribution in [2.45, 2.75) is 45.4 Å². The highest BCUT2D eigenvalue weighted by atomic mass is 14.8. The van der Waals surface area contributed by atoms with Crippen LogP contribution in [0.5, 0.6) is 0 Å². The fraction of sp³-hybridized carbons (Fsp3) is 0.900. The van der Waals surface area contributed by atoms with Crippen molar-refractivity contribution in [1.82, 2.24) is 5.32 Å². The van der Waals surface area contributed by atoms with Crippen molar-refractivity contribution in [2.24, 2.45) is 0 Å². The Morgan fingerprint density at radius 3 is 2.50 bits per heavy atom. The van der Waals surface area contributed by atoms with Crippen LogP contribution in [0.3, 0.4) is 0 Å². The van der Waals surface area contributed by atoms with Gasteiger partial charge in [0.1, 0.15) is 0 Å². The minimum Gasteiger partial charge on any atom is -0.317 e. The van der Waals surface area contributed by atoms with Crippen LogP contribution in [0.25, 0.3) is 0 Å². The maximum atomic E-state index is 8.27. The third-order valence-corrected chi connectivity index (χ3v) is 1.85. The van der Waals surface area contributed by atoms with E-state index in [0.717, 1.165) is 25.9 Å². The molecule has 2 nitrogen and oxygen atoms in total. The average molecular weight is 168 g/mol. The maximum absolute atomic E-state index is 8.27. The van der Waals surface area contributed by atoms with Gasteiger partial charge in [-0.1, -0.05) is 19.8 Å². The topological polar surface area (TPSA) is 35.8 Å². The molecule has 0 aliphatic rings. The molecule has 0 saturated heterocycles. The van der Waals surface area contributed by atoms with Crippen molar-refractivity contribution < 1.29 is 0 Å². The van der Waals surface area contributed by atoms with Crippen molar-refractivity contribution in [2.75, 3.05) is 13.1 Å². The Kier molecular flexibility index (Phi) is 9.97. The Morgan fingerprint density at radius 1 is 1.08 bits per heavy atom. The second kappa shape index (κ2) is 10.4. The molecule has 0 atom stereocenters. The number of nitrogens with zero attached hydrogens (tertiary/aromatic N) is 1. The highest BCUT2D eigenvalue weighted by molar-refractivity contribution is 4.67. The van der Waals surface area contributed by atoms with Gasteiger partial charge in [0.2, 0.25) is 0 Å². The fourth-order valence-corrected chi connectivity index (χ4v) is 1.06. The lowest BCUT2D eigenvalue weighted by molar-refractivity contribution is 0.589. The van der Waals surface area contributed by atoms with Crippen LogP contribution in [-0.2, 0) is 0 Å². The monoisotopic (exact) mass is 168 g/mol.